The molecule has 0 saturated carbocycles. The average Bonchev–Trinajstić information content (AvgIpc) is 1.72. The Kier molecular flexibility index (Phi) is 1.15. The van der Waals surface area contributed by atoms with E-state index in [9.17, 15) is 0 Å². The number of hydrogen-bond acceptors (Lipinski definition) is 1. The first kappa shape index (κ1) is 3.72. The summed E-state index contributed by atoms with van der Waals surface area (Å²) in [5.41, 5.74) is 0. The van der Waals surface area contributed by atoms with E-state index in [0.717, 1.165) is 13.0 Å². The van der Waals surface area contributed by atoms with Crippen molar-refractivity contribution in [3.8, 4) is 0 Å². The molecule has 0 atom stereocenters. The lowest BCUT2D eigenvalue weighted by Crippen LogP contribution is -2.10. The van der Waals surface area contributed by atoms with Gasteiger partial charge in [-0.1, -0.05) is 6.08 Å². The molecule has 0 spiro atoms. The first-order valence-corrected chi connectivity index (χ1v) is 2.20. The monoisotopic (exact) mass is 82.1 g/mol. The second-order valence-electron chi connectivity index (χ2n) is 1.33. The van der Waals surface area contributed by atoms with Gasteiger partial charge in [0.2, 0.25) is 0 Å². The van der Waals surface area contributed by atoms with E-state index in [0.29, 0.717) is 0 Å². The van der Waals surface area contributed by atoms with E-state index in [1.807, 2.05) is 6.20 Å². The minimum absolute atomic E-state index is 1.04. The van der Waals surface area contributed by atoms with Crippen LogP contribution in [0.3, 0.4) is 0 Å². The van der Waals surface area contributed by atoms with Crippen LogP contribution >= 0.6 is 0 Å². The summed E-state index contributed by atoms with van der Waals surface area (Å²) in [4.78, 5) is 0. The molecular formula is C5H8N. The normalized spacial score (nSPS) is 20.0. The van der Waals surface area contributed by atoms with Crippen LogP contribution in [0.4, 0.5) is 0 Å². The van der Waals surface area contributed by atoms with Gasteiger partial charge in [-0.3, -0.25) is 0 Å². The molecule has 0 bridgehead atoms. The molecule has 0 aliphatic carbocycles. The molecule has 0 aromatic carbocycles. The molecule has 0 saturated heterocycles. The summed E-state index contributed by atoms with van der Waals surface area (Å²) in [5.74, 6) is 0. The molecular weight excluding hydrogens is 74.1 g/mol. The lowest BCUT2D eigenvalue weighted by Gasteiger charge is -2.01. The summed E-state index contributed by atoms with van der Waals surface area (Å²) in [6.45, 7) is 1.04. The van der Waals surface area contributed by atoms with E-state index >= 15 is 0 Å². The van der Waals surface area contributed by atoms with Crippen LogP contribution in [0, 0.1) is 6.42 Å². The predicted molar refractivity (Wildman–Crippen MR) is 26.1 cm³/mol. The third-order valence-corrected chi connectivity index (χ3v) is 0.801. The van der Waals surface area contributed by atoms with Gasteiger partial charge in [-0.05, 0) is 19.0 Å². The van der Waals surface area contributed by atoms with Gasteiger partial charge in [-0.25, -0.2) is 0 Å². The van der Waals surface area contributed by atoms with Gasteiger partial charge in [-0.2, -0.15) is 0 Å². The largest absolute Gasteiger partial charge is 0.391 e. The quantitative estimate of drug-likeness (QED) is 0.453. The number of allylic oxidation sites excluding steroid dienone is 1. The molecule has 1 aliphatic heterocycles. The predicted octanol–water partition coefficient (Wildman–Crippen LogP) is 0.698. The van der Waals surface area contributed by atoms with E-state index in [-0.39, 0.29) is 0 Å². The van der Waals surface area contributed by atoms with E-state index in [4.69, 9.17) is 0 Å². The fourth-order valence-corrected chi connectivity index (χ4v) is 0.482. The van der Waals surface area contributed by atoms with Crippen molar-refractivity contribution in [2.75, 3.05) is 6.54 Å². The molecule has 0 aromatic rings. The van der Waals surface area contributed by atoms with Gasteiger partial charge in [0.05, 0.1) is 0 Å². The lowest BCUT2D eigenvalue weighted by molar-refractivity contribution is 0.864. The second-order valence-corrected chi connectivity index (χ2v) is 1.33. The highest BCUT2D eigenvalue weighted by molar-refractivity contribution is 4.92. The Bertz CT molecular complexity index is 49.0. The Morgan fingerprint density at radius 3 is 2.67 bits per heavy atom. The average molecular weight is 82.1 g/mol. The molecule has 1 aliphatic rings. The van der Waals surface area contributed by atoms with Crippen molar-refractivity contribution in [2.45, 2.75) is 6.42 Å². The Hall–Kier alpha value is -0.460. The van der Waals surface area contributed by atoms with Crippen molar-refractivity contribution in [3.05, 3.63) is 18.7 Å². The summed E-state index contributed by atoms with van der Waals surface area (Å²) in [6.07, 6.45) is 7.41. The van der Waals surface area contributed by atoms with Crippen LogP contribution in [-0.4, -0.2) is 6.54 Å². The van der Waals surface area contributed by atoms with Crippen molar-refractivity contribution in [3.63, 3.8) is 0 Å². The van der Waals surface area contributed by atoms with Gasteiger partial charge in [0.25, 0.3) is 0 Å². The first-order valence-electron chi connectivity index (χ1n) is 2.20. The van der Waals surface area contributed by atoms with Crippen LogP contribution in [0.15, 0.2) is 12.3 Å². The van der Waals surface area contributed by atoms with Gasteiger partial charge >= 0.3 is 0 Å². The summed E-state index contributed by atoms with van der Waals surface area (Å²) < 4.78 is 0. The zero-order valence-corrected chi connectivity index (χ0v) is 3.65. The second kappa shape index (κ2) is 1.85. The van der Waals surface area contributed by atoms with Crippen molar-refractivity contribution in [2.24, 2.45) is 0 Å². The smallest absolute Gasteiger partial charge is 0.0176 e. The Balaban J connectivity index is 2.26. The van der Waals surface area contributed by atoms with E-state index in [1.54, 1.807) is 0 Å². The van der Waals surface area contributed by atoms with Gasteiger partial charge in [0, 0.05) is 6.54 Å². The number of hydrogen-bond donors (Lipinski definition) is 1. The summed E-state index contributed by atoms with van der Waals surface area (Å²) in [7, 11) is 0. The summed E-state index contributed by atoms with van der Waals surface area (Å²) in [5, 5.41) is 3.05. The topological polar surface area (TPSA) is 12.0 Å². The van der Waals surface area contributed by atoms with Crippen molar-refractivity contribution < 1.29 is 0 Å². The third-order valence-electron chi connectivity index (χ3n) is 0.801. The molecule has 0 aromatic heterocycles. The fraction of sp³-hybridized carbons (Fsp3) is 0.400. The minimum Gasteiger partial charge on any atom is -0.391 e. The van der Waals surface area contributed by atoms with Crippen molar-refractivity contribution in [1.29, 1.82) is 0 Å². The van der Waals surface area contributed by atoms with E-state index < -0.39 is 0 Å². The maximum atomic E-state index is 3.05. The number of rotatable bonds is 0. The van der Waals surface area contributed by atoms with Crippen LogP contribution in [0.2, 0.25) is 0 Å². The highest BCUT2D eigenvalue weighted by atomic mass is 14.8. The van der Waals surface area contributed by atoms with Crippen LogP contribution in [0.1, 0.15) is 6.42 Å². The standard InChI is InChI=1S/C5H8N/c1-2-4-6-5-3-1/h2-4,6H,1,5H2. The highest BCUT2D eigenvalue weighted by Crippen LogP contribution is 1.90. The SMILES string of the molecule is [CH]1CC=CNC1. The molecule has 6 heavy (non-hydrogen) atoms. The molecule has 0 amide bonds. The Labute approximate surface area is 38.1 Å². The zero-order chi connectivity index (χ0) is 4.24. The van der Waals surface area contributed by atoms with E-state index in [1.165, 1.54) is 0 Å². The summed E-state index contributed by atoms with van der Waals surface area (Å²) in [6, 6.07) is 0. The van der Waals surface area contributed by atoms with E-state index in [2.05, 4.69) is 17.8 Å². The van der Waals surface area contributed by atoms with Crippen molar-refractivity contribution >= 4 is 0 Å². The van der Waals surface area contributed by atoms with Gasteiger partial charge in [0.15, 0.2) is 0 Å². The molecule has 0 unspecified atom stereocenters. The maximum Gasteiger partial charge on any atom is 0.0176 e. The molecule has 33 valence electrons. The van der Waals surface area contributed by atoms with Crippen LogP contribution in [0.5, 0.6) is 0 Å². The first-order chi connectivity index (χ1) is 3.00. The van der Waals surface area contributed by atoms with Gasteiger partial charge in [0.1, 0.15) is 0 Å². The molecule has 1 radical (unpaired) electrons. The zero-order valence-electron chi connectivity index (χ0n) is 3.65. The molecule has 1 rings (SSSR count). The fourth-order valence-electron chi connectivity index (χ4n) is 0.482. The van der Waals surface area contributed by atoms with Crippen LogP contribution in [0.25, 0.3) is 0 Å². The third kappa shape index (κ3) is 0.744. The van der Waals surface area contributed by atoms with Crippen molar-refractivity contribution in [1.82, 2.24) is 5.32 Å². The molecule has 1 nitrogen and oxygen atoms in total. The maximum absolute atomic E-state index is 3.05. The minimum atomic E-state index is 1.04. The molecule has 1 N–H and O–H groups in total. The summed E-state index contributed by atoms with van der Waals surface area (Å²) >= 11 is 0. The highest BCUT2D eigenvalue weighted by Gasteiger charge is 1.85. The molecule has 1 heterocycles. The Morgan fingerprint density at radius 1 is 1.50 bits per heavy atom. The Morgan fingerprint density at radius 2 is 2.50 bits per heavy atom. The van der Waals surface area contributed by atoms with Gasteiger partial charge in [-0.15, -0.1) is 0 Å². The van der Waals surface area contributed by atoms with Crippen LogP contribution in [-0.2, 0) is 0 Å². The molecule has 1 heteroatoms. The number of nitrogens with one attached hydrogen (secondary N) is 1. The molecule has 0 fully saturated rings. The lowest BCUT2D eigenvalue weighted by atomic mass is 10.2. The van der Waals surface area contributed by atoms with Gasteiger partial charge < -0.3 is 5.32 Å². The van der Waals surface area contributed by atoms with Crippen LogP contribution < -0.4 is 5.32 Å².